The number of aromatic nitrogens is 5. The number of hydrogen-bond donors (Lipinski definition) is 0. The first-order chi connectivity index (χ1) is 8.63. The van der Waals surface area contributed by atoms with Gasteiger partial charge in [0.15, 0.2) is 11.5 Å². The van der Waals surface area contributed by atoms with Crippen LogP contribution in [0, 0.1) is 6.92 Å². The average Bonchev–Trinajstić information content (AvgIpc) is 2.86. The van der Waals surface area contributed by atoms with E-state index in [1.54, 1.807) is 19.2 Å². The Morgan fingerprint density at radius 2 is 2.28 bits per heavy atom. The molecule has 7 nitrogen and oxygen atoms in total. The molecule has 8 heteroatoms. The molecule has 18 heavy (non-hydrogen) atoms. The highest BCUT2D eigenvalue weighted by Gasteiger charge is 2.10. The molecule has 0 N–H and O–H groups in total. The summed E-state index contributed by atoms with van der Waals surface area (Å²) in [6, 6.07) is 3.70. The van der Waals surface area contributed by atoms with E-state index >= 15 is 0 Å². The summed E-state index contributed by atoms with van der Waals surface area (Å²) in [6.45, 7) is 1.91. The third kappa shape index (κ3) is 1.71. The number of hydrogen-bond acceptors (Lipinski definition) is 5. The van der Waals surface area contributed by atoms with Crippen LogP contribution in [0.5, 0.6) is 0 Å². The summed E-state index contributed by atoms with van der Waals surface area (Å²) in [7, 11) is 1.92. The van der Waals surface area contributed by atoms with E-state index in [9.17, 15) is 4.79 Å². The zero-order valence-electron chi connectivity index (χ0n) is 9.99. The first-order valence-corrected chi connectivity index (χ1v) is 5.48. The Morgan fingerprint density at radius 3 is 3.00 bits per heavy atom. The summed E-state index contributed by atoms with van der Waals surface area (Å²) in [5.74, 6) is 0.910. The Balaban J connectivity index is 2.07. The molecule has 0 radical (unpaired) electrons. The van der Waals surface area contributed by atoms with Crippen molar-refractivity contribution in [1.82, 2.24) is 24.3 Å². The molecule has 3 aromatic rings. The van der Waals surface area contributed by atoms with Crippen molar-refractivity contribution >= 4 is 19.0 Å². The van der Waals surface area contributed by atoms with Crippen LogP contribution in [0.2, 0.25) is 0 Å². The molecule has 0 aromatic carbocycles. The molecule has 3 heterocycles. The van der Waals surface area contributed by atoms with Gasteiger partial charge in [-0.1, -0.05) is 16.7 Å². The van der Waals surface area contributed by atoms with Crippen molar-refractivity contribution in [2.75, 3.05) is 0 Å². The minimum absolute atomic E-state index is 0.181. The van der Waals surface area contributed by atoms with Crippen LogP contribution in [0.4, 0.5) is 0 Å². The van der Waals surface area contributed by atoms with Crippen LogP contribution in [0.25, 0.3) is 5.65 Å². The van der Waals surface area contributed by atoms with E-state index in [0.29, 0.717) is 17.4 Å². The van der Waals surface area contributed by atoms with Gasteiger partial charge >= 0.3 is 5.69 Å². The summed E-state index contributed by atoms with van der Waals surface area (Å²) in [4.78, 5) is 16.1. The van der Waals surface area contributed by atoms with Crippen molar-refractivity contribution in [1.29, 1.82) is 0 Å². The molecule has 0 saturated carbocycles. The van der Waals surface area contributed by atoms with Crippen LogP contribution in [0.3, 0.4) is 0 Å². The predicted octanol–water partition coefficient (Wildman–Crippen LogP) is -1.51. The van der Waals surface area contributed by atoms with Gasteiger partial charge in [-0.2, -0.15) is 4.98 Å². The Bertz CT molecular complexity index is 772. The maximum atomic E-state index is 12.1. The van der Waals surface area contributed by atoms with Crippen LogP contribution >= 0.6 is 0 Å². The molecule has 0 spiro atoms. The molecule has 0 aliphatic rings. The van der Waals surface area contributed by atoms with Crippen molar-refractivity contribution < 1.29 is 4.52 Å². The summed E-state index contributed by atoms with van der Waals surface area (Å²) in [5.41, 5.74) is 1.38. The molecule has 0 aliphatic carbocycles. The molecule has 0 unspecified atom stereocenters. The Morgan fingerprint density at radius 1 is 1.44 bits per heavy atom. The van der Waals surface area contributed by atoms with Gasteiger partial charge in [-0.05, 0) is 13.0 Å². The lowest BCUT2D eigenvalue weighted by Gasteiger charge is -1.91. The quantitative estimate of drug-likeness (QED) is 0.511. The zero-order chi connectivity index (χ0) is 12.7. The van der Waals surface area contributed by atoms with E-state index < -0.39 is 0 Å². The second kappa shape index (κ2) is 3.83. The molecule has 0 fully saturated rings. The van der Waals surface area contributed by atoms with Crippen molar-refractivity contribution in [3.63, 3.8) is 0 Å². The van der Waals surface area contributed by atoms with Gasteiger partial charge in [0.05, 0.1) is 0 Å². The molecule has 0 amide bonds. The Kier molecular flexibility index (Phi) is 2.29. The lowest BCUT2D eigenvalue weighted by Crippen LogP contribution is -2.23. The molecule has 0 bridgehead atoms. The summed E-state index contributed by atoms with van der Waals surface area (Å²) < 4.78 is 7.78. The molecule has 0 aliphatic heterocycles. The fraction of sp³-hybridized carbons (Fsp3) is 0.200. The van der Waals surface area contributed by atoms with Crippen molar-refractivity contribution in [2.45, 2.75) is 13.5 Å². The van der Waals surface area contributed by atoms with Crippen molar-refractivity contribution in [3.05, 3.63) is 40.5 Å². The fourth-order valence-electron chi connectivity index (χ4n) is 1.76. The zero-order valence-corrected chi connectivity index (χ0v) is 9.99. The summed E-state index contributed by atoms with van der Waals surface area (Å²) in [6.07, 6.45) is 1.75. The third-order valence-electron chi connectivity index (χ3n) is 2.58. The number of pyridine rings is 1. The lowest BCUT2D eigenvalue weighted by molar-refractivity contribution is 0.361. The second-order valence-electron chi connectivity index (χ2n) is 4.11. The first kappa shape index (κ1) is 10.8. The van der Waals surface area contributed by atoms with E-state index in [0.717, 1.165) is 5.46 Å². The molecular weight excluding hydrogens is 233 g/mol. The predicted molar refractivity (Wildman–Crippen MR) is 65.8 cm³/mol. The van der Waals surface area contributed by atoms with Crippen molar-refractivity contribution in [3.8, 4) is 0 Å². The van der Waals surface area contributed by atoms with Gasteiger partial charge in [0.25, 0.3) is 0 Å². The summed E-state index contributed by atoms with van der Waals surface area (Å²) >= 11 is 0. The number of fused-ring (bicyclic) bond motifs is 1. The smallest absolute Gasteiger partial charge is 0.337 e. The van der Waals surface area contributed by atoms with Crippen LogP contribution < -0.4 is 11.2 Å². The van der Waals surface area contributed by atoms with E-state index in [4.69, 9.17) is 4.52 Å². The van der Waals surface area contributed by atoms with Crippen LogP contribution in [0.1, 0.15) is 11.7 Å². The Hall–Kier alpha value is -2.38. The molecular formula is C10H10BN5O2. The standard InChI is InChI=1S/C10H10BN5O2/c1-6-12-9(18-14-6)5-16-10(17)15-4-7(11)2-3-8(15)13-16/h2-4H,5,11H2,1H3. The number of nitrogens with zero attached hydrogens (tertiary/aromatic N) is 5. The monoisotopic (exact) mass is 243 g/mol. The van der Waals surface area contributed by atoms with Gasteiger partial charge in [-0.3, -0.25) is 4.40 Å². The van der Waals surface area contributed by atoms with Crippen LogP contribution in [-0.4, -0.2) is 32.2 Å². The van der Waals surface area contributed by atoms with E-state index in [1.807, 2.05) is 13.9 Å². The largest absolute Gasteiger partial charge is 0.350 e. The fourth-order valence-corrected chi connectivity index (χ4v) is 1.76. The van der Waals surface area contributed by atoms with E-state index in [1.165, 1.54) is 9.08 Å². The topological polar surface area (TPSA) is 78.2 Å². The minimum Gasteiger partial charge on any atom is -0.337 e. The normalized spacial score (nSPS) is 11.2. The minimum atomic E-state index is -0.218. The van der Waals surface area contributed by atoms with Crippen LogP contribution in [0.15, 0.2) is 27.6 Å². The third-order valence-corrected chi connectivity index (χ3v) is 2.58. The number of rotatable bonds is 2. The molecule has 90 valence electrons. The van der Waals surface area contributed by atoms with Gasteiger partial charge in [0.2, 0.25) is 5.89 Å². The van der Waals surface area contributed by atoms with Crippen molar-refractivity contribution in [2.24, 2.45) is 0 Å². The lowest BCUT2D eigenvalue weighted by atomic mass is 9.99. The van der Waals surface area contributed by atoms with Crippen LogP contribution in [-0.2, 0) is 6.54 Å². The van der Waals surface area contributed by atoms with Gasteiger partial charge in [0, 0.05) is 6.20 Å². The van der Waals surface area contributed by atoms with Gasteiger partial charge < -0.3 is 4.52 Å². The first-order valence-electron chi connectivity index (χ1n) is 5.48. The maximum absolute atomic E-state index is 12.1. The molecule has 3 aromatic heterocycles. The van der Waals surface area contributed by atoms with E-state index in [2.05, 4.69) is 15.2 Å². The second-order valence-corrected chi connectivity index (χ2v) is 4.11. The summed E-state index contributed by atoms with van der Waals surface area (Å²) in [5, 5.41) is 7.87. The Labute approximate surface area is 102 Å². The SMILES string of the molecule is Bc1ccc2nn(Cc3nc(C)no3)c(=O)n2c1. The highest BCUT2D eigenvalue weighted by molar-refractivity contribution is 6.32. The molecule has 0 saturated heterocycles. The maximum Gasteiger partial charge on any atom is 0.350 e. The molecule has 0 atom stereocenters. The number of aryl methyl sites for hydroxylation is 1. The van der Waals surface area contributed by atoms with Gasteiger partial charge in [0.1, 0.15) is 14.4 Å². The average molecular weight is 243 g/mol. The highest BCUT2D eigenvalue weighted by atomic mass is 16.5. The van der Waals surface area contributed by atoms with Gasteiger partial charge in [-0.15, -0.1) is 5.10 Å². The molecule has 3 rings (SSSR count). The van der Waals surface area contributed by atoms with Gasteiger partial charge in [-0.25, -0.2) is 9.48 Å². The highest BCUT2D eigenvalue weighted by Crippen LogP contribution is 1.99. The van der Waals surface area contributed by atoms with E-state index in [-0.39, 0.29) is 12.2 Å².